The molecular weight excluding hydrogens is 408 g/mol. The first-order valence-corrected chi connectivity index (χ1v) is 10.5. The average molecular weight is 432 g/mol. The van der Waals surface area contributed by atoms with Gasteiger partial charge in [-0.05, 0) is 48.9 Å². The summed E-state index contributed by atoms with van der Waals surface area (Å²) >= 11 is 0. The van der Waals surface area contributed by atoms with Crippen LogP contribution in [0.5, 0.6) is 11.5 Å². The van der Waals surface area contributed by atoms with Gasteiger partial charge in [0.05, 0.1) is 30.5 Å². The smallest absolute Gasteiger partial charge is 0.263 e. The van der Waals surface area contributed by atoms with Crippen molar-refractivity contribution in [2.24, 2.45) is 0 Å². The molecule has 0 spiro atoms. The van der Waals surface area contributed by atoms with Crippen molar-refractivity contribution in [1.29, 1.82) is 0 Å². The van der Waals surface area contributed by atoms with Crippen molar-refractivity contribution in [3.8, 4) is 17.2 Å². The summed E-state index contributed by atoms with van der Waals surface area (Å²) < 4.78 is 12.6. The maximum absolute atomic E-state index is 13.0. The van der Waals surface area contributed by atoms with Gasteiger partial charge in [-0.1, -0.05) is 12.1 Å². The zero-order valence-electron chi connectivity index (χ0n) is 18.0. The van der Waals surface area contributed by atoms with Gasteiger partial charge in [-0.15, -0.1) is 0 Å². The fraction of sp³-hybridized carbons (Fsp3) is 0.240. The molecule has 0 aliphatic carbocycles. The third kappa shape index (κ3) is 4.01. The number of imide groups is 1. The van der Waals surface area contributed by atoms with Gasteiger partial charge in [0.1, 0.15) is 5.78 Å². The minimum Gasteiger partial charge on any atom is -0.493 e. The molecule has 7 heteroatoms. The highest BCUT2D eigenvalue weighted by Crippen LogP contribution is 2.30. The number of amides is 2. The number of carbonyl (C=O) groups excluding carboxylic acids is 3. The number of ether oxygens (including phenoxy) is 2. The van der Waals surface area contributed by atoms with Gasteiger partial charge in [0.25, 0.3) is 11.8 Å². The molecule has 0 unspecified atom stereocenters. The van der Waals surface area contributed by atoms with Crippen LogP contribution < -0.4 is 9.47 Å². The average Bonchev–Trinajstić information content (AvgIpc) is 3.41. The molecule has 2 amide bonds. The lowest BCUT2D eigenvalue weighted by Gasteiger charge is -2.14. The molecule has 1 aliphatic rings. The number of benzene rings is 2. The lowest BCUT2D eigenvalue weighted by atomic mass is 10.1. The monoisotopic (exact) mass is 432 g/mol. The van der Waals surface area contributed by atoms with E-state index in [0.717, 1.165) is 10.5 Å². The summed E-state index contributed by atoms with van der Waals surface area (Å²) in [6.45, 7) is 2.41. The summed E-state index contributed by atoms with van der Waals surface area (Å²) in [5.41, 5.74) is 2.18. The molecule has 7 nitrogen and oxygen atoms in total. The van der Waals surface area contributed by atoms with Crippen LogP contribution in [0, 0.1) is 0 Å². The van der Waals surface area contributed by atoms with Gasteiger partial charge < -0.3 is 14.0 Å². The maximum atomic E-state index is 13.0. The van der Waals surface area contributed by atoms with E-state index in [9.17, 15) is 14.4 Å². The van der Waals surface area contributed by atoms with E-state index in [1.165, 1.54) is 0 Å². The largest absolute Gasteiger partial charge is 0.493 e. The van der Waals surface area contributed by atoms with Crippen LogP contribution in [-0.2, 0) is 11.2 Å². The van der Waals surface area contributed by atoms with Crippen LogP contribution in [0.3, 0.4) is 0 Å². The SMILES string of the molecule is CCOc1cc(CC(=O)CCN2C(=O)c3cccc(-n4cccc4)c3C2=O)ccc1OC. The Hall–Kier alpha value is -3.87. The van der Waals surface area contributed by atoms with Gasteiger partial charge in [-0.3, -0.25) is 19.3 Å². The van der Waals surface area contributed by atoms with Gasteiger partial charge in [0, 0.05) is 31.8 Å². The molecule has 164 valence electrons. The Balaban J connectivity index is 1.45. The number of rotatable bonds is 9. The number of hydrogen-bond acceptors (Lipinski definition) is 5. The predicted octanol–water partition coefficient (Wildman–Crippen LogP) is 3.68. The van der Waals surface area contributed by atoms with Crippen molar-refractivity contribution < 1.29 is 23.9 Å². The van der Waals surface area contributed by atoms with E-state index in [1.807, 2.05) is 37.5 Å². The molecule has 0 saturated heterocycles. The minimum absolute atomic E-state index is 0.0464. The molecule has 0 fully saturated rings. The quantitative estimate of drug-likeness (QED) is 0.482. The predicted molar refractivity (Wildman–Crippen MR) is 119 cm³/mol. The number of ketones is 1. The Bertz CT molecular complexity index is 1170. The summed E-state index contributed by atoms with van der Waals surface area (Å²) in [6.07, 6.45) is 3.91. The second kappa shape index (κ2) is 9.09. The highest BCUT2D eigenvalue weighted by Gasteiger charge is 2.37. The first kappa shape index (κ1) is 21.4. The number of carbonyl (C=O) groups is 3. The van der Waals surface area contributed by atoms with E-state index in [1.54, 1.807) is 42.0 Å². The number of nitrogens with zero attached hydrogens (tertiary/aromatic N) is 2. The van der Waals surface area contributed by atoms with Gasteiger partial charge in [-0.2, -0.15) is 0 Å². The molecule has 4 rings (SSSR count). The summed E-state index contributed by atoms with van der Waals surface area (Å²) in [5, 5.41) is 0. The van der Waals surface area contributed by atoms with Gasteiger partial charge in [-0.25, -0.2) is 0 Å². The zero-order chi connectivity index (χ0) is 22.7. The van der Waals surface area contributed by atoms with E-state index in [-0.39, 0.29) is 37.0 Å². The molecule has 1 aromatic heterocycles. The Morgan fingerprint density at radius 2 is 1.75 bits per heavy atom. The van der Waals surface area contributed by atoms with Crippen molar-refractivity contribution in [2.75, 3.05) is 20.3 Å². The molecule has 0 radical (unpaired) electrons. The van der Waals surface area contributed by atoms with E-state index < -0.39 is 0 Å². The topological polar surface area (TPSA) is 77.8 Å². The summed E-state index contributed by atoms with van der Waals surface area (Å²) in [4.78, 5) is 39.6. The lowest BCUT2D eigenvalue weighted by Crippen LogP contribution is -2.32. The van der Waals surface area contributed by atoms with Crippen LogP contribution >= 0.6 is 0 Å². The molecular formula is C25H24N2O5. The summed E-state index contributed by atoms with van der Waals surface area (Å²) in [7, 11) is 1.56. The maximum Gasteiger partial charge on any atom is 0.263 e. The molecule has 2 heterocycles. The zero-order valence-corrected chi connectivity index (χ0v) is 18.0. The normalized spacial score (nSPS) is 12.8. The van der Waals surface area contributed by atoms with E-state index in [4.69, 9.17) is 9.47 Å². The fourth-order valence-corrected chi connectivity index (χ4v) is 3.88. The van der Waals surface area contributed by atoms with Crippen LogP contribution in [0.2, 0.25) is 0 Å². The third-order valence-corrected chi connectivity index (χ3v) is 5.40. The van der Waals surface area contributed by atoms with Crippen LogP contribution in [0.4, 0.5) is 0 Å². The Morgan fingerprint density at radius 1 is 0.969 bits per heavy atom. The highest BCUT2D eigenvalue weighted by molar-refractivity contribution is 6.23. The third-order valence-electron chi connectivity index (χ3n) is 5.40. The molecule has 0 bridgehead atoms. The van der Waals surface area contributed by atoms with Crippen molar-refractivity contribution in [3.05, 3.63) is 77.6 Å². The number of aromatic nitrogens is 1. The van der Waals surface area contributed by atoms with Crippen molar-refractivity contribution in [1.82, 2.24) is 9.47 Å². The first-order chi connectivity index (χ1) is 15.5. The molecule has 2 aromatic carbocycles. The molecule has 1 aliphatic heterocycles. The molecule has 0 N–H and O–H groups in total. The van der Waals surface area contributed by atoms with Gasteiger partial charge in [0.2, 0.25) is 0 Å². The molecule has 0 atom stereocenters. The van der Waals surface area contributed by atoms with Crippen LogP contribution in [0.25, 0.3) is 5.69 Å². The molecule has 32 heavy (non-hydrogen) atoms. The Morgan fingerprint density at radius 3 is 2.47 bits per heavy atom. The highest BCUT2D eigenvalue weighted by atomic mass is 16.5. The summed E-state index contributed by atoms with van der Waals surface area (Å²) in [6, 6.07) is 14.3. The second-order valence-electron chi connectivity index (χ2n) is 7.44. The number of methoxy groups -OCH3 is 1. The van der Waals surface area contributed by atoms with Crippen LogP contribution in [0.1, 0.15) is 39.6 Å². The molecule has 0 saturated carbocycles. The fourth-order valence-electron chi connectivity index (χ4n) is 3.88. The van der Waals surface area contributed by atoms with E-state index >= 15 is 0 Å². The van der Waals surface area contributed by atoms with Gasteiger partial charge >= 0.3 is 0 Å². The van der Waals surface area contributed by atoms with Crippen molar-refractivity contribution >= 4 is 17.6 Å². The molecule has 3 aromatic rings. The van der Waals surface area contributed by atoms with Gasteiger partial charge in [0.15, 0.2) is 11.5 Å². The first-order valence-electron chi connectivity index (χ1n) is 10.5. The van der Waals surface area contributed by atoms with E-state index in [0.29, 0.717) is 34.9 Å². The Labute approximate surface area is 186 Å². The minimum atomic E-state index is -0.370. The van der Waals surface area contributed by atoms with Crippen LogP contribution in [0.15, 0.2) is 60.9 Å². The van der Waals surface area contributed by atoms with Crippen molar-refractivity contribution in [2.45, 2.75) is 19.8 Å². The second-order valence-corrected chi connectivity index (χ2v) is 7.44. The van der Waals surface area contributed by atoms with E-state index in [2.05, 4.69) is 0 Å². The Kier molecular flexibility index (Phi) is 6.07. The lowest BCUT2D eigenvalue weighted by molar-refractivity contribution is -0.118. The standard InChI is InChI=1S/C25H24N2O5/c1-3-32-22-16-17(9-10-21(22)31-2)15-18(28)11-14-27-24(29)19-7-6-8-20(23(19)25(27)30)26-12-4-5-13-26/h4-10,12-13,16H,3,11,14-15H2,1-2H3. The van der Waals surface area contributed by atoms with Crippen LogP contribution in [-0.4, -0.2) is 47.3 Å². The number of fused-ring (bicyclic) bond motifs is 1. The summed E-state index contributed by atoms with van der Waals surface area (Å²) in [5.74, 6) is 0.380. The van der Waals surface area contributed by atoms with Crippen molar-refractivity contribution in [3.63, 3.8) is 0 Å². The number of Topliss-reactive ketones (excluding diaryl/α,β-unsaturated/α-hetero) is 1. The number of hydrogen-bond donors (Lipinski definition) is 0.